The first-order valence-corrected chi connectivity index (χ1v) is 8.47. The predicted octanol–water partition coefficient (Wildman–Crippen LogP) is 2.40. The summed E-state index contributed by atoms with van der Waals surface area (Å²) in [7, 11) is 0. The normalized spacial score (nSPS) is 18.6. The first kappa shape index (κ1) is 13.7. The second-order valence-corrected chi connectivity index (χ2v) is 6.54. The van der Waals surface area contributed by atoms with E-state index in [1.165, 1.54) is 0 Å². The number of aromatic nitrogens is 1. The second kappa shape index (κ2) is 6.03. The van der Waals surface area contributed by atoms with Crippen molar-refractivity contribution in [3.8, 4) is 10.6 Å². The third-order valence-corrected chi connectivity index (χ3v) is 5.18. The fourth-order valence-corrected chi connectivity index (χ4v) is 4.05. The Morgan fingerprint density at radius 1 is 1.50 bits per heavy atom. The van der Waals surface area contributed by atoms with E-state index < -0.39 is 0 Å². The number of rotatable bonds is 4. The van der Waals surface area contributed by atoms with Crippen LogP contribution >= 0.6 is 22.7 Å². The van der Waals surface area contributed by atoms with Gasteiger partial charge in [-0.3, -0.25) is 4.79 Å². The number of likely N-dealkylation sites (tertiary alicyclic amines) is 1. The van der Waals surface area contributed by atoms with Gasteiger partial charge in [0.2, 0.25) is 5.91 Å². The molecular weight excluding hydrogens is 292 g/mol. The Kier molecular flexibility index (Phi) is 4.14. The Balaban J connectivity index is 1.67. The van der Waals surface area contributed by atoms with Gasteiger partial charge in [0.15, 0.2) is 0 Å². The third kappa shape index (κ3) is 2.77. The maximum Gasteiger partial charge on any atom is 0.228 e. The Morgan fingerprint density at radius 3 is 3.15 bits per heavy atom. The number of nitrogens with zero attached hydrogens (tertiary/aromatic N) is 2. The molecule has 3 rings (SSSR count). The minimum Gasteiger partial charge on any atom is -0.394 e. The number of aliphatic hydroxyl groups excluding tert-OH is 1. The topological polar surface area (TPSA) is 53.4 Å². The van der Waals surface area contributed by atoms with Gasteiger partial charge >= 0.3 is 0 Å². The molecule has 2 aromatic heterocycles. The van der Waals surface area contributed by atoms with Crippen LogP contribution in [0.5, 0.6) is 0 Å². The quantitative estimate of drug-likeness (QED) is 0.943. The highest BCUT2D eigenvalue weighted by Crippen LogP contribution is 2.26. The minimum atomic E-state index is -0.00233. The molecule has 6 heteroatoms. The Labute approximate surface area is 125 Å². The predicted molar refractivity (Wildman–Crippen MR) is 81.0 cm³/mol. The van der Waals surface area contributed by atoms with Crippen LogP contribution in [0.15, 0.2) is 22.2 Å². The first-order chi connectivity index (χ1) is 9.78. The van der Waals surface area contributed by atoms with Gasteiger partial charge in [-0.15, -0.1) is 11.3 Å². The van der Waals surface area contributed by atoms with Crippen LogP contribution in [0.25, 0.3) is 10.6 Å². The van der Waals surface area contributed by atoms with Crippen molar-refractivity contribution < 1.29 is 9.90 Å². The molecule has 1 fully saturated rings. The lowest BCUT2D eigenvalue weighted by Gasteiger charge is -2.22. The molecule has 2 aromatic rings. The highest BCUT2D eigenvalue weighted by atomic mass is 32.1. The summed E-state index contributed by atoms with van der Waals surface area (Å²) in [6.45, 7) is 0.814. The third-order valence-electron chi connectivity index (χ3n) is 3.56. The summed E-state index contributed by atoms with van der Waals surface area (Å²) in [5, 5.41) is 16.3. The molecule has 1 saturated heterocycles. The smallest absolute Gasteiger partial charge is 0.228 e. The molecule has 106 valence electrons. The van der Waals surface area contributed by atoms with Crippen molar-refractivity contribution in [3.05, 3.63) is 27.9 Å². The number of hydrogen-bond acceptors (Lipinski definition) is 5. The Hall–Kier alpha value is -1.24. The molecule has 0 aromatic carbocycles. The van der Waals surface area contributed by atoms with Crippen molar-refractivity contribution >= 4 is 28.6 Å². The SMILES string of the molecule is O=C(Cc1csc(-c2ccsc2)n1)N1CCC[C@@H]1CO. The van der Waals surface area contributed by atoms with Gasteiger partial charge in [-0.2, -0.15) is 11.3 Å². The highest BCUT2D eigenvalue weighted by molar-refractivity contribution is 7.14. The van der Waals surface area contributed by atoms with Gasteiger partial charge in [0.25, 0.3) is 0 Å². The van der Waals surface area contributed by atoms with Gasteiger partial charge < -0.3 is 10.0 Å². The van der Waals surface area contributed by atoms with E-state index in [1.807, 2.05) is 16.8 Å². The van der Waals surface area contributed by atoms with Gasteiger partial charge in [-0.05, 0) is 24.3 Å². The number of hydrogen-bond donors (Lipinski definition) is 1. The van der Waals surface area contributed by atoms with Crippen molar-refractivity contribution in [3.63, 3.8) is 0 Å². The first-order valence-electron chi connectivity index (χ1n) is 6.65. The number of aliphatic hydroxyl groups is 1. The number of carbonyl (C=O) groups excluding carboxylic acids is 1. The highest BCUT2D eigenvalue weighted by Gasteiger charge is 2.28. The van der Waals surface area contributed by atoms with Crippen molar-refractivity contribution in [2.75, 3.05) is 13.2 Å². The second-order valence-electron chi connectivity index (χ2n) is 4.90. The van der Waals surface area contributed by atoms with Crippen molar-refractivity contribution in [2.24, 2.45) is 0 Å². The van der Waals surface area contributed by atoms with Crippen LogP contribution < -0.4 is 0 Å². The summed E-state index contributed by atoms with van der Waals surface area (Å²) < 4.78 is 0. The molecule has 0 spiro atoms. The molecule has 0 aliphatic carbocycles. The Bertz CT molecular complexity index is 580. The van der Waals surface area contributed by atoms with E-state index in [1.54, 1.807) is 27.6 Å². The van der Waals surface area contributed by atoms with Crippen LogP contribution in [0.1, 0.15) is 18.5 Å². The average Bonchev–Trinajstić information content (AvgIpc) is 3.19. The summed E-state index contributed by atoms with van der Waals surface area (Å²) in [6, 6.07) is 2.04. The number of thiophene rings is 1. The van der Waals surface area contributed by atoms with E-state index in [2.05, 4.69) is 10.4 Å². The fraction of sp³-hybridized carbons (Fsp3) is 0.429. The van der Waals surface area contributed by atoms with E-state index in [9.17, 15) is 9.90 Å². The van der Waals surface area contributed by atoms with Crippen LogP contribution in [0.3, 0.4) is 0 Å². The molecule has 1 aliphatic rings. The van der Waals surface area contributed by atoms with E-state index in [0.717, 1.165) is 35.7 Å². The molecule has 1 N–H and O–H groups in total. The Morgan fingerprint density at radius 2 is 2.40 bits per heavy atom. The van der Waals surface area contributed by atoms with Crippen LogP contribution in [-0.4, -0.2) is 40.1 Å². The van der Waals surface area contributed by atoms with E-state index in [-0.39, 0.29) is 18.6 Å². The molecule has 3 heterocycles. The molecule has 0 unspecified atom stereocenters. The lowest BCUT2D eigenvalue weighted by molar-refractivity contribution is -0.132. The van der Waals surface area contributed by atoms with Crippen LogP contribution in [0, 0.1) is 0 Å². The fourth-order valence-electron chi connectivity index (χ4n) is 2.52. The molecule has 1 atom stereocenters. The summed E-state index contributed by atoms with van der Waals surface area (Å²) in [5.74, 6) is 0.0729. The van der Waals surface area contributed by atoms with Crippen molar-refractivity contribution in [1.29, 1.82) is 0 Å². The average molecular weight is 308 g/mol. The maximum atomic E-state index is 12.3. The monoisotopic (exact) mass is 308 g/mol. The standard InChI is InChI=1S/C14H16N2O2S2/c17-7-12-2-1-4-16(12)13(18)6-11-9-20-14(15-11)10-3-5-19-8-10/h3,5,8-9,12,17H,1-2,4,6-7H2/t12-/m1/s1. The number of carbonyl (C=O) groups is 1. The molecule has 1 aliphatic heterocycles. The molecule has 0 radical (unpaired) electrons. The van der Waals surface area contributed by atoms with E-state index in [4.69, 9.17) is 0 Å². The van der Waals surface area contributed by atoms with Crippen molar-refractivity contribution in [2.45, 2.75) is 25.3 Å². The summed E-state index contributed by atoms with van der Waals surface area (Å²) >= 11 is 3.22. The summed E-state index contributed by atoms with van der Waals surface area (Å²) in [4.78, 5) is 18.6. The zero-order valence-electron chi connectivity index (χ0n) is 11.0. The van der Waals surface area contributed by atoms with Gasteiger partial charge in [-0.1, -0.05) is 0 Å². The van der Waals surface area contributed by atoms with Gasteiger partial charge in [0.1, 0.15) is 5.01 Å². The number of thiazole rings is 1. The molecule has 20 heavy (non-hydrogen) atoms. The van der Waals surface area contributed by atoms with Crippen molar-refractivity contribution in [1.82, 2.24) is 9.88 Å². The molecule has 1 amide bonds. The summed E-state index contributed by atoms with van der Waals surface area (Å²) in [6.07, 6.45) is 2.21. The lowest BCUT2D eigenvalue weighted by Crippen LogP contribution is -2.38. The van der Waals surface area contributed by atoms with Gasteiger partial charge in [-0.25, -0.2) is 4.98 Å². The summed E-state index contributed by atoms with van der Waals surface area (Å²) in [5.41, 5.74) is 1.94. The molecule has 0 saturated carbocycles. The van der Waals surface area contributed by atoms with Crippen LogP contribution in [-0.2, 0) is 11.2 Å². The zero-order chi connectivity index (χ0) is 13.9. The molecule has 0 bridgehead atoms. The van der Waals surface area contributed by atoms with E-state index in [0.29, 0.717) is 6.42 Å². The van der Waals surface area contributed by atoms with Gasteiger partial charge in [0, 0.05) is 22.9 Å². The van der Waals surface area contributed by atoms with Gasteiger partial charge in [0.05, 0.1) is 24.8 Å². The zero-order valence-corrected chi connectivity index (χ0v) is 12.6. The molecule has 4 nitrogen and oxygen atoms in total. The number of amides is 1. The largest absolute Gasteiger partial charge is 0.394 e. The lowest BCUT2D eigenvalue weighted by atomic mass is 10.2. The molecular formula is C14H16N2O2S2. The van der Waals surface area contributed by atoms with Crippen LogP contribution in [0.4, 0.5) is 0 Å². The van der Waals surface area contributed by atoms with Crippen LogP contribution in [0.2, 0.25) is 0 Å². The van der Waals surface area contributed by atoms with E-state index >= 15 is 0 Å². The maximum absolute atomic E-state index is 12.3. The minimum absolute atomic E-state index is 0.00233.